The maximum Gasteiger partial charge on any atom is 0.224 e. The van der Waals surface area contributed by atoms with E-state index in [-0.39, 0.29) is 0 Å². The second-order valence-corrected chi connectivity index (χ2v) is 4.99. The van der Waals surface area contributed by atoms with E-state index < -0.39 is 0 Å². The van der Waals surface area contributed by atoms with Gasteiger partial charge in [-0.3, -0.25) is 0 Å². The summed E-state index contributed by atoms with van der Waals surface area (Å²) in [6, 6.07) is 0.440. The third-order valence-electron chi connectivity index (χ3n) is 2.76. The summed E-state index contributed by atoms with van der Waals surface area (Å²) in [5.41, 5.74) is 1.08. The standard InChI is InChI=1S/C13H24N4/c1-9(2)6-7-11(4)16-12-10(3)8-15-13(14-5)17-12/h8-9,11H,6-7H2,1-5H3,(H2,14,15,16,17). The van der Waals surface area contributed by atoms with Crippen LogP contribution in [0.4, 0.5) is 11.8 Å². The highest BCUT2D eigenvalue weighted by Gasteiger charge is 2.07. The molecule has 0 saturated carbocycles. The molecular weight excluding hydrogens is 212 g/mol. The number of anilines is 2. The van der Waals surface area contributed by atoms with Crippen molar-refractivity contribution in [2.24, 2.45) is 5.92 Å². The van der Waals surface area contributed by atoms with Gasteiger partial charge in [0.25, 0.3) is 0 Å². The average Bonchev–Trinajstić information content (AvgIpc) is 2.29. The van der Waals surface area contributed by atoms with Gasteiger partial charge in [0.2, 0.25) is 5.95 Å². The van der Waals surface area contributed by atoms with Gasteiger partial charge in [-0.25, -0.2) is 4.98 Å². The van der Waals surface area contributed by atoms with Crippen LogP contribution >= 0.6 is 0 Å². The first-order valence-corrected chi connectivity index (χ1v) is 6.30. The fourth-order valence-electron chi connectivity index (χ4n) is 1.60. The van der Waals surface area contributed by atoms with Gasteiger partial charge in [-0.1, -0.05) is 13.8 Å². The average molecular weight is 236 g/mol. The van der Waals surface area contributed by atoms with Crippen LogP contribution in [-0.4, -0.2) is 23.1 Å². The van der Waals surface area contributed by atoms with Crippen molar-refractivity contribution >= 4 is 11.8 Å². The lowest BCUT2D eigenvalue weighted by atomic mass is 10.0. The number of nitrogens with one attached hydrogen (secondary N) is 2. The van der Waals surface area contributed by atoms with Gasteiger partial charge in [0.15, 0.2) is 0 Å². The molecule has 1 unspecified atom stereocenters. The van der Waals surface area contributed by atoms with Crippen LogP contribution in [0.3, 0.4) is 0 Å². The molecule has 17 heavy (non-hydrogen) atoms. The molecule has 0 amide bonds. The highest BCUT2D eigenvalue weighted by atomic mass is 15.1. The lowest BCUT2D eigenvalue weighted by Crippen LogP contribution is -2.18. The molecule has 1 aromatic rings. The van der Waals surface area contributed by atoms with Crippen LogP contribution in [0.25, 0.3) is 0 Å². The molecule has 0 fully saturated rings. The smallest absolute Gasteiger partial charge is 0.224 e. The Morgan fingerprint density at radius 3 is 2.53 bits per heavy atom. The zero-order valence-corrected chi connectivity index (χ0v) is 11.5. The van der Waals surface area contributed by atoms with E-state index in [2.05, 4.69) is 41.4 Å². The van der Waals surface area contributed by atoms with Gasteiger partial charge in [0, 0.05) is 24.8 Å². The monoisotopic (exact) mass is 236 g/mol. The molecule has 1 rings (SSSR count). The number of nitrogens with zero attached hydrogens (tertiary/aromatic N) is 2. The molecule has 4 heteroatoms. The Labute approximate surface area is 104 Å². The van der Waals surface area contributed by atoms with E-state index in [4.69, 9.17) is 0 Å². The normalized spacial score (nSPS) is 12.6. The van der Waals surface area contributed by atoms with E-state index in [9.17, 15) is 0 Å². The first-order valence-electron chi connectivity index (χ1n) is 6.30. The van der Waals surface area contributed by atoms with Gasteiger partial charge in [-0.05, 0) is 32.6 Å². The number of aromatic nitrogens is 2. The number of hydrogen-bond donors (Lipinski definition) is 2. The maximum atomic E-state index is 4.42. The second kappa shape index (κ2) is 6.42. The molecule has 0 aliphatic carbocycles. The van der Waals surface area contributed by atoms with Crippen molar-refractivity contribution in [3.8, 4) is 0 Å². The Bertz CT molecular complexity index is 349. The van der Waals surface area contributed by atoms with Crippen molar-refractivity contribution in [1.82, 2.24) is 9.97 Å². The maximum absolute atomic E-state index is 4.42. The summed E-state index contributed by atoms with van der Waals surface area (Å²) in [7, 11) is 1.83. The van der Waals surface area contributed by atoms with Crippen LogP contribution in [0.1, 0.15) is 39.2 Å². The Kier molecular flexibility index (Phi) is 5.19. The molecule has 1 atom stereocenters. The summed E-state index contributed by atoms with van der Waals surface area (Å²) in [6.07, 6.45) is 4.24. The van der Waals surface area contributed by atoms with Gasteiger partial charge in [0.1, 0.15) is 5.82 Å². The predicted molar refractivity (Wildman–Crippen MR) is 73.5 cm³/mol. The van der Waals surface area contributed by atoms with Gasteiger partial charge in [-0.2, -0.15) is 4.98 Å². The van der Waals surface area contributed by atoms with Crippen LogP contribution in [0.5, 0.6) is 0 Å². The van der Waals surface area contributed by atoms with Crippen LogP contribution in [0.2, 0.25) is 0 Å². The fraction of sp³-hybridized carbons (Fsp3) is 0.692. The molecule has 0 saturated heterocycles. The topological polar surface area (TPSA) is 49.8 Å². The molecule has 0 spiro atoms. The Hall–Kier alpha value is -1.32. The van der Waals surface area contributed by atoms with Crippen LogP contribution in [0, 0.1) is 12.8 Å². The van der Waals surface area contributed by atoms with Crippen molar-refractivity contribution in [2.75, 3.05) is 17.7 Å². The van der Waals surface area contributed by atoms with Crippen LogP contribution in [0.15, 0.2) is 6.20 Å². The van der Waals surface area contributed by atoms with Crippen molar-refractivity contribution in [2.45, 2.75) is 46.6 Å². The quantitative estimate of drug-likeness (QED) is 0.797. The minimum Gasteiger partial charge on any atom is -0.367 e. The second-order valence-electron chi connectivity index (χ2n) is 4.99. The zero-order chi connectivity index (χ0) is 12.8. The highest BCUT2D eigenvalue weighted by molar-refractivity contribution is 5.46. The summed E-state index contributed by atoms with van der Waals surface area (Å²) >= 11 is 0. The molecule has 1 aromatic heterocycles. The van der Waals surface area contributed by atoms with Crippen molar-refractivity contribution in [3.05, 3.63) is 11.8 Å². The zero-order valence-electron chi connectivity index (χ0n) is 11.5. The Morgan fingerprint density at radius 2 is 1.94 bits per heavy atom. The largest absolute Gasteiger partial charge is 0.367 e. The Balaban J connectivity index is 2.60. The number of aryl methyl sites for hydroxylation is 1. The van der Waals surface area contributed by atoms with E-state index in [0.717, 1.165) is 23.7 Å². The number of rotatable bonds is 6. The molecule has 0 aliphatic heterocycles. The molecule has 2 N–H and O–H groups in total. The van der Waals surface area contributed by atoms with Gasteiger partial charge in [0.05, 0.1) is 0 Å². The summed E-state index contributed by atoms with van der Waals surface area (Å²) in [5, 5.41) is 6.40. The van der Waals surface area contributed by atoms with Crippen molar-refractivity contribution in [1.29, 1.82) is 0 Å². The van der Waals surface area contributed by atoms with E-state index in [0.29, 0.717) is 12.0 Å². The van der Waals surface area contributed by atoms with Gasteiger partial charge in [-0.15, -0.1) is 0 Å². The third kappa shape index (κ3) is 4.59. The highest BCUT2D eigenvalue weighted by Crippen LogP contribution is 2.16. The molecule has 96 valence electrons. The number of hydrogen-bond acceptors (Lipinski definition) is 4. The summed E-state index contributed by atoms with van der Waals surface area (Å²) in [4.78, 5) is 8.60. The first kappa shape index (κ1) is 13.7. The summed E-state index contributed by atoms with van der Waals surface area (Å²) < 4.78 is 0. The molecular formula is C13H24N4. The van der Waals surface area contributed by atoms with Gasteiger partial charge < -0.3 is 10.6 Å². The SMILES string of the molecule is CNc1ncc(C)c(NC(C)CCC(C)C)n1. The van der Waals surface area contributed by atoms with E-state index in [1.54, 1.807) is 0 Å². The first-order chi connectivity index (χ1) is 8.02. The third-order valence-corrected chi connectivity index (χ3v) is 2.76. The van der Waals surface area contributed by atoms with Crippen LogP contribution < -0.4 is 10.6 Å². The van der Waals surface area contributed by atoms with Crippen molar-refractivity contribution < 1.29 is 0 Å². The lowest BCUT2D eigenvalue weighted by molar-refractivity contribution is 0.527. The molecule has 0 radical (unpaired) electrons. The summed E-state index contributed by atoms with van der Waals surface area (Å²) in [5.74, 6) is 2.34. The molecule has 0 bridgehead atoms. The minimum atomic E-state index is 0.440. The molecule has 1 heterocycles. The van der Waals surface area contributed by atoms with Crippen molar-refractivity contribution in [3.63, 3.8) is 0 Å². The fourth-order valence-corrected chi connectivity index (χ4v) is 1.60. The molecule has 4 nitrogen and oxygen atoms in total. The molecule has 0 aromatic carbocycles. The molecule has 0 aliphatic rings. The van der Waals surface area contributed by atoms with Crippen LogP contribution in [-0.2, 0) is 0 Å². The Morgan fingerprint density at radius 1 is 1.24 bits per heavy atom. The lowest BCUT2D eigenvalue weighted by Gasteiger charge is -2.17. The minimum absolute atomic E-state index is 0.440. The predicted octanol–water partition coefficient (Wildman–Crippen LogP) is 3.06. The van der Waals surface area contributed by atoms with E-state index >= 15 is 0 Å². The van der Waals surface area contributed by atoms with E-state index in [1.807, 2.05) is 20.2 Å². The summed E-state index contributed by atoms with van der Waals surface area (Å²) in [6.45, 7) is 8.73. The van der Waals surface area contributed by atoms with Gasteiger partial charge >= 0.3 is 0 Å². The van der Waals surface area contributed by atoms with E-state index in [1.165, 1.54) is 6.42 Å².